The number of hydrogen-bond donors (Lipinski definition) is 1. The molecule has 0 bridgehead atoms. The van der Waals surface area contributed by atoms with Gasteiger partial charge in [-0.1, -0.05) is 58.8 Å². The van der Waals surface area contributed by atoms with E-state index < -0.39 is 26.5 Å². The lowest BCUT2D eigenvalue weighted by Gasteiger charge is -2.24. The van der Waals surface area contributed by atoms with E-state index in [0.29, 0.717) is 17.4 Å². The van der Waals surface area contributed by atoms with E-state index in [4.69, 9.17) is 18.5 Å². The Morgan fingerprint density at radius 2 is 1.36 bits per heavy atom. The first-order chi connectivity index (χ1) is 15.5. The van der Waals surface area contributed by atoms with Crippen molar-refractivity contribution in [1.29, 1.82) is 0 Å². The van der Waals surface area contributed by atoms with Gasteiger partial charge in [0.05, 0.1) is 27.7 Å². The number of phosphoric ester groups is 1. The van der Waals surface area contributed by atoms with E-state index in [9.17, 15) is 19.0 Å². The van der Waals surface area contributed by atoms with Gasteiger partial charge in [0.2, 0.25) is 0 Å². The van der Waals surface area contributed by atoms with Crippen LogP contribution in [0.4, 0.5) is 0 Å². The highest BCUT2D eigenvalue weighted by Gasteiger charge is 2.26. The summed E-state index contributed by atoms with van der Waals surface area (Å²) < 4.78 is 33.3. The maximum Gasteiger partial charge on any atom is 0.472 e. The van der Waals surface area contributed by atoms with Crippen LogP contribution in [0, 0.1) is 0 Å². The number of carbonyl (C=O) groups excluding carboxylic acids is 2. The molecular formula is C23H47NO8P+. The zero-order valence-electron chi connectivity index (χ0n) is 21.4. The zero-order valence-corrected chi connectivity index (χ0v) is 22.3. The second kappa shape index (κ2) is 18.4. The molecule has 0 amide bonds. The maximum atomic E-state index is 12.1. The number of hydrogen-bond acceptors (Lipinski definition) is 7. The van der Waals surface area contributed by atoms with Gasteiger partial charge in [0, 0.05) is 12.8 Å². The molecule has 0 aromatic rings. The second-order valence-electron chi connectivity index (χ2n) is 9.38. The topological polar surface area (TPSA) is 108 Å². The van der Waals surface area contributed by atoms with Crippen LogP contribution < -0.4 is 0 Å². The summed E-state index contributed by atoms with van der Waals surface area (Å²) in [6.07, 6.45) is 8.42. The Hall–Kier alpha value is -0.990. The summed E-state index contributed by atoms with van der Waals surface area (Å²) in [5, 5.41) is 0. The summed E-state index contributed by atoms with van der Waals surface area (Å²) in [5.74, 6) is -0.841. The van der Waals surface area contributed by atoms with Crippen LogP contribution in [0.2, 0.25) is 0 Å². The standard InChI is InChI=1S/C23H46NO8P/c1-6-8-10-11-12-14-15-22(25)29-19-21(32-23(26)16-13-9-7-2)20-31-33(27,28)30-18-17-24(3,4)5/h21H,6-20H2,1-5H3/p+1/t21-/m1/s1. The van der Waals surface area contributed by atoms with Gasteiger partial charge in [-0.2, -0.15) is 0 Å². The molecule has 9 nitrogen and oxygen atoms in total. The molecule has 0 fully saturated rings. The van der Waals surface area contributed by atoms with Crippen molar-refractivity contribution in [3.05, 3.63) is 0 Å². The Morgan fingerprint density at radius 1 is 0.818 bits per heavy atom. The molecular weight excluding hydrogens is 449 g/mol. The average Bonchev–Trinajstić information content (AvgIpc) is 2.71. The van der Waals surface area contributed by atoms with E-state index >= 15 is 0 Å². The highest BCUT2D eigenvalue weighted by Crippen LogP contribution is 2.43. The van der Waals surface area contributed by atoms with Crippen molar-refractivity contribution in [2.75, 3.05) is 47.5 Å². The summed E-state index contributed by atoms with van der Waals surface area (Å²) in [4.78, 5) is 34.0. The summed E-state index contributed by atoms with van der Waals surface area (Å²) in [6.45, 7) is 4.10. The third-order valence-corrected chi connectivity index (χ3v) is 5.87. The normalized spacial score (nSPS) is 14.5. The number of nitrogens with zero attached hydrogens (tertiary/aromatic N) is 1. The van der Waals surface area contributed by atoms with Gasteiger partial charge in [-0.25, -0.2) is 4.57 Å². The number of esters is 2. The molecule has 0 saturated carbocycles. The van der Waals surface area contributed by atoms with Crippen LogP contribution in [-0.4, -0.2) is 74.9 Å². The van der Waals surface area contributed by atoms with Crippen LogP contribution in [0.5, 0.6) is 0 Å². The molecule has 0 aromatic carbocycles. The summed E-state index contributed by atoms with van der Waals surface area (Å²) in [5.41, 5.74) is 0. The third-order valence-electron chi connectivity index (χ3n) is 4.89. The molecule has 0 aliphatic heterocycles. The fourth-order valence-corrected chi connectivity index (χ4v) is 3.57. The van der Waals surface area contributed by atoms with Gasteiger partial charge in [0.1, 0.15) is 19.8 Å². The minimum atomic E-state index is -4.32. The maximum absolute atomic E-state index is 12.1. The number of unbranched alkanes of at least 4 members (excludes halogenated alkanes) is 7. The molecule has 0 radical (unpaired) electrons. The molecule has 0 spiro atoms. The number of rotatable bonds is 21. The van der Waals surface area contributed by atoms with Crippen LogP contribution in [0.1, 0.15) is 84.5 Å². The predicted octanol–water partition coefficient (Wildman–Crippen LogP) is 4.61. The summed E-state index contributed by atoms with van der Waals surface area (Å²) >= 11 is 0. The lowest BCUT2D eigenvalue weighted by atomic mass is 10.1. The number of likely N-dealkylation sites (N-methyl/N-ethyl adjacent to an activating group) is 1. The van der Waals surface area contributed by atoms with E-state index in [1.165, 1.54) is 12.8 Å². The molecule has 33 heavy (non-hydrogen) atoms. The lowest BCUT2D eigenvalue weighted by Crippen LogP contribution is -2.37. The largest absolute Gasteiger partial charge is 0.472 e. The predicted molar refractivity (Wildman–Crippen MR) is 128 cm³/mol. The smallest absolute Gasteiger partial charge is 0.462 e. The van der Waals surface area contributed by atoms with Gasteiger partial charge >= 0.3 is 19.8 Å². The molecule has 0 rings (SSSR count). The SMILES string of the molecule is CCCCCCCCC(=O)OC[C@H](COP(=O)(O)OCC[N+](C)(C)C)OC(=O)CCCCC. The van der Waals surface area contributed by atoms with Gasteiger partial charge in [0.15, 0.2) is 6.10 Å². The van der Waals surface area contributed by atoms with Crippen molar-refractivity contribution in [3.63, 3.8) is 0 Å². The first kappa shape index (κ1) is 32.0. The molecule has 0 aromatic heterocycles. The summed E-state index contributed by atoms with van der Waals surface area (Å²) in [6, 6.07) is 0. The molecule has 196 valence electrons. The van der Waals surface area contributed by atoms with Gasteiger partial charge in [-0.05, 0) is 12.8 Å². The number of ether oxygens (including phenoxy) is 2. The minimum absolute atomic E-state index is 0.0337. The molecule has 10 heteroatoms. The molecule has 1 unspecified atom stereocenters. The van der Waals surface area contributed by atoms with Crippen molar-refractivity contribution in [3.8, 4) is 0 Å². The van der Waals surface area contributed by atoms with E-state index in [2.05, 4.69) is 6.92 Å². The van der Waals surface area contributed by atoms with Crippen LogP contribution in [0.25, 0.3) is 0 Å². The van der Waals surface area contributed by atoms with Crippen molar-refractivity contribution >= 4 is 19.8 Å². The molecule has 0 heterocycles. The van der Waals surface area contributed by atoms with Crippen LogP contribution in [-0.2, 0) is 32.7 Å². The molecule has 0 saturated heterocycles. The van der Waals surface area contributed by atoms with Gasteiger partial charge in [-0.15, -0.1) is 0 Å². The van der Waals surface area contributed by atoms with Gasteiger partial charge in [-0.3, -0.25) is 18.6 Å². The Bertz CT molecular complexity index is 579. The van der Waals surface area contributed by atoms with Gasteiger partial charge in [0.25, 0.3) is 0 Å². The highest BCUT2D eigenvalue weighted by atomic mass is 31.2. The first-order valence-corrected chi connectivity index (χ1v) is 13.8. The third kappa shape index (κ3) is 21.3. The van der Waals surface area contributed by atoms with E-state index in [1.807, 2.05) is 28.1 Å². The zero-order chi connectivity index (χ0) is 25.2. The van der Waals surface area contributed by atoms with Crippen molar-refractivity contribution in [2.24, 2.45) is 0 Å². The first-order valence-electron chi connectivity index (χ1n) is 12.3. The van der Waals surface area contributed by atoms with Crippen LogP contribution in [0.15, 0.2) is 0 Å². The fraction of sp³-hybridized carbons (Fsp3) is 0.913. The number of quaternary nitrogens is 1. The van der Waals surface area contributed by atoms with Crippen molar-refractivity contribution in [1.82, 2.24) is 0 Å². The van der Waals surface area contributed by atoms with E-state index in [1.54, 1.807) is 0 Å². The van der Waals surface area contributed by atoms with Gasteiger partial charge < -0.3 is 18.9 Å². The highest BCUT2D eigenvalue weighted by molar-refractivity contribution is 7.47. The molecule has 0 aliphatic carbocycles. The minimum Gasteiger partial charge on any atom is -0.462 e. The lowest BCUT2D eigenvalue weighted by molar-refractivity contribution is -0.870. The van der Waals surface area contributed by atoms with E-state index in [0.717, 1.165) is 38.5 Å². The Labute approximate surface area is 200 Å². The van der Waals surface area contributed by atoms with E-state index in [-0.39, 0.29) is 32.0 Å². The van der Waals surface area contributed by atoms with Crippen molar-refractivity contribution in [2.45, 2.75) is 90.6 Å². The Morgan fingerprint density at radius 3 is 2.00 bits per heavy atom. The monoisotopic (exact) mass is 496 g/mol. The Kier molecular flexibility index (Phi) is 17.8. The number of phosphoric acid groups is 1. The fourth-order valence-electron chi connectivity index (χ4n) is 2.83. The number of carbonyl (C=O) groups is 2. The van der Waals surface area contributed by atoms with Crippen LogP contribution in [0.3, 0.4) is 0 Å². The Balaban J connectivity index is 4.57. The van der Waals surface area contributed by atoms with Crippen molar-refractivity contribution < 1.29 is 42.1 Å². The molecule has 1 N–H and O–H groups in total. The molecule has 2 atom stereocenters. The average molecular weight is 497 g/mol. The second-order valence-corrected chi connectivity index (χ2v) is 10.8. The quantitative estimate of drug-likeness (QED) is 0.106. The molecule has 0 aliphatic rings. The summed E-state index contributed by atoms with van der Waals surface area (Å²) in [7, 11) is 1.47. The van der Waals surface area contributed by atoms with Crippen LogP contribution >= 0.6 is 7.82 Å².